The molecule has 222 valence electrons. The topological polar surface area (TPSA) is 47.9 Å². The van der Waals surface area contributed by atoms with Gasteiger partial charge in [-0.15, -0.1) is 0 Å². The van der Waals surface area contributed by atoms with Crippen molar-refractivity contribution in [3.05, 3.63) is 120 Å². The van der Waals surface area contributed by atoms with Gasteiger partial charge in [0, 0.05) is 23.5 Å². The number of benzene rings is 4. The van der Waals surface area contributed by atoms with Crippen LogP contribution in [0.1, 0.15) is 42.9 Å². The number of fused-ring (bicyclic) bond motifs is 1. The lowest BCUT2D eigenvalue weighted by atomic mass is 9.97. The van der Waals surface area contributed by atoms with Crippen molar-refractivity contribution in [3.63, 3.8) is 0 Å². The molecule has 1 atom stereocenters. The van der Waals surface area contributed by atoms with E-state index in [1.165, 1.54) is 18.6 Å². The second kappa shape index (κ2) is 15.0. The Kier molecular flexibility index (Phi) is 10.6. The Bertz CT molecular complexity index is 1510. The Morgan fingerprint density at radius 2 is 1.56 bits per heavy atom. The van der Waals surface area contributed by atoms with Crippen molar-refractivity contribution in [2.75, 3.05) is 31.3 Å². The van der Waals surface area contributed by atoms with Gasteiger partial charge in [-0.25, -0.2) is 9.38 Å². The number of para-hydroxylation sites is 1. The minimum atomic E-state index is -0.287. The van der Waals surface area contributed by atoms with Crippen LogP contribution in [0.2, 0.25) is 0 Å². The van der Waals surface area contributed by atoms with Crippen LogP contribution in [-0.2, 0) is 11.3 Å². The number of anilines is 1. The first-order valence-corrected chi connectivity index (χ1v) is 15.9. The number of hydrogen-bond acceptors (Lipinski definition) is 5. The molecule has 7 heteroatoms. The minimum Gasteiger partial charge on any atom is -0.352 e. The lowest BCUT2D eigenvalue weighted by Gasteiger charge is -2.38. The van der Waals surface area contributed by atoms with E-state index in [0.29, 0.717) is 6.54 Å². The van der Waals surface area contributed by atoms with Gasteiger partial charge in [0.1, 0.15) is 5.82 Å². The number of hydrogen-bond donors (Lipinski definition) is 1. The third-order valence-corrected chi connectivity index (χ3v) is 8.58. The normalized spacial score (nSPS) is 14.4. The SMILES string of the molecule is CN(C)CCCCCSC1=Nc2ccccc2C(CC(=O)NCc2ccc(F)cc2)N1c1ccc(-c2ccccc2)cc1. The Labute approximate surface area is 258 Å². The van der Waals surface area contributed by atoms with Gasteiger partial charge in [0.25, 0.3) is 0 Å². The van der Waals surface area contributed by atoms with Gasteiger partial charge < -0.3 is 15.1 Å². The van der Waals surface area contributed by atoms with Crippen LogP contribution in [0.4, 0.5) is 15.8 Å². The summed E-state index contributed by atoms with van der Waals surface area (Å²) in [5.74, 6) is 0.603. The van der Waals surface area contributed by atoms with Crippen molar-refractivity contribution in [1.82, 2.24) is 10.2 Å². The summed E-state index contributed by atoms with van der Waals surface area (Å²) in [5.41, 5.74) is 6.11. The van der Waals surface area contributed by atoms with Crippen LogP contribution in [0.15, 0.2) is 108 Å². The molecule has 1 N–H and O–H groups in total. The fourth-order valence-electron chi connectivity index (χ4n) is 5.26. The number of halogens is 1. The number of unbranched alkanes of at least 4 members (excludes halogenated alkanes) is 2. The van der Waals surface area contributed by atoms with Gasteiger partial charge in [-0.3, -0.25) is 4.79 Å². The van der Waals surface area contributed by atoms with Crippen LogP contribution in [0, 0.1) is 5.82 Å². The predicted molar refractivity (Wildman–Crippen MR) is 178 cm³/mol. The van der Waals surface area contributed by atoms with Crippen molar-refractivity contribution in [1.29, 1.82) is 0 Å². The molecular formula is C36H39FN4OS. The fourth-order valence-corrected chi connectivity index (χ4v) is 6.33. The maximum Gasteiger partial charge on any atom is 0.222 e. The number of aliphatic imine (C=N–C) groups is 1. The quantitative estimate of drug-likeness (QED) is 0.168. The summed E-state index contributed by atoms with van der Waals surface area (Å²) < 4.78 is 13.4. The minimum absolute atomic E-state index is 0.0648. The maximum absolute atomic E-state index is 13.4. The number of carbonyl (C=O) groups is 1. The second-order valence-electron chi connectivity index (χ2n) is 11.1. The van der Waals surface area contributed by atoms with E-state index in [1.54, 1.807) is 23.9 Å². The third kappa shape index (κ3) is 8.33. The van der Waals surface area contributed by atoms with E-state index in [9.17, 15) is 9.18 Å². The average Bonchev–Trinajstić information content (AvgIpc) is 3.03. The van der Waals surface area contributed by atoms with Crippen molar-refractivity contribution in [2.45, 2.75) is 38.3 Å². The molecule has 0 saturated carbocycles. The lowest BCUT2D eigenvalue weighted by Crippen LogP contribution is -2.39. The van der Waals surface area contributed by atoms with E-state index in [-0.39, 0.29) is 24.2 Å². The van der Waals surface area contributed by atoms with Crippen molar-refractivity contribution in [2.24, 2.45) is 4.99 Å². The van der Waals surface area contributed by atoms with E-state index < -0.39 is 0 Å². The van der Waals surface area contributed by atoms with Crippen molar-refractivity contribution in [3.8, 4) is 11.1 Å². The Hall–Kier alpha value is -3.94. The Balaban J connectivity index is 1.40. The first-order valence-electron chi connectivity index (χ1n) is 14.9. The molecule has 1 heterocycles. The van der Waals surface area contributed by atoms with Gasteiger partial charge in [-0.05, 0) is 80.5 Å². The number of rotatable bonds is 12. The number of nitrogens with zero attached hydrogens (tertiary/aromatic N) is 3. The van der Waals surface area contributed by atoms with Gasteiger partial charge in [0.05, 0.1) is 18.2 Å². The van der Waals surface area contributed by atoms with Gasteiger partial charge in [0.15, 0.2) is 5.17 Å². The summed E-state index contributed by atoms with van der Waals surface area (Å²) in [7, 11) is 4.22. The molecule has 1 amide bonds. The predicted octanol–water partition coefficient (Wildman–Crippen LogP) is 8.21. The van der Waals surface area contributed by atoms with Crippen LogP contribution in [0.25, 0.3) is 11.1 Å². The number of thioether (sulfide) groups is 1. The molecule has 0 radical (unpaired) electrons. The highest BCUT2D eigenvalue weighted by atomic mass is 32.2. The Morgan fingerprint density at radius 1 is 0.860 bits per heavy atom. The summed E-state index contributed by atoms with van der Waals surface area (Å²) in [4.78, 5) is 23.0. The highest BCUT2D eigenvalue weighted by molar-refractivity contribution is 8.14. The zero-order valence-electron chi connectivity index (χ0n) is 24.9. The first kappa shape index (κ1) is 30.5. The largest absolute Gasteiger partial charge is 0.352 e. The first-order chi connectivity index (χ1) is 21.0. The number of amidine groups is 1. The highest BCUT2D eigenvalue weighted by Crippen LogP contribution is 2.42. The summed E-state index contributed by atoms with van der Waals surface area (Å²) in [6.07, 6.45) is 3.70. The molecule has 4 aromatic carbocycles. The van der Waals surface area contributed by atoms with Gasteiger partial charge in [0.2, 0.25) is 5.91 Å². The van der Waals surface area contributed by atoms with Crippen LogP contribution in [-0.4, -0.2) is 42.4 Å². The summed E-state index contributed by atoms with van der Waals surface area (Å²) in [6, 6.07) is 33.0. The highest BCUT2D eigenvalue weighted by Gasteiger charge is 2.33. The molecule has 0 fully saturated rings. The van der Waals surface area contributed by atoms with E-state index in [0.717, 1.165) is 63.9 Å². The van der Waals surface area contributed by atoms with E-state index >= 15 is 0 Å². The second-order valence-corrected chi connectivity index (χ2v) is 12.1. The van der Waals surface area contributed by atoms with E-state index in [2.05, 4.69) is 71.7 Å². The number of nitrogens with one attached hydrogen (secondary N) is 1. The van der Waals surface area contributed by atoms with Crippen LogP contribution >= 0.6 is 11.8 Å². The zero-order valence-corrected chi connectivity index (χ0v) is 25.7. The smallest absolute Gasteiger partial charge is 0.222 e. The number of amides is 1. The van der Waals surface area contributed by atoms with E-state index in [1.807, 2.05) is 36.4 Å². The molecular weight excluding hydrogens is 555 g/mol. The van der Waals surface area contributed by atoms with Gasteiger partial charge >= 0.3 is 0 Å². The molecule has 5 rings (SSSR count). The molecule has 1 aliphatic heterocycles. The molecule has 0 aromatic heterocycles. The summed E-state index contributed by atoms with van der Waals surface area (Å²) in [6.45, 7) is 1.44. The molecule has 0 spiro atoms. The van der Waals surface area contributed by atoms with Gasteiger partial charge in [-0.2, -0.15) is 0 Å². The van der Waals surface area contributed by atoms with Crippen LogP contribution in [0.3, 0.4) is 0 Å². The van der Waals surface area contributed by atoms with Crippen molar-refractivity contribution < 1.29 is 9.18 Å². The third-order valence-electron chi connectivity index (χ3n) is 7.54. The molecule has 1 unspecified atom stereocenters. The Morgan fingerprint density at radius 3 is 2.30 bits per heavy atom. The molecule has 5 nitrogen and oxygen atoms in total. The van der Waals surface area contributed by atoms with E-state index in [4.69, 9.17) is 4.99 Å². The van der Waals surface area contributed by atoms with Crippen molar-refractivity contribution >= 4 is 34.2 Å². The van der Waals surface area contributed by atoms with Crippen LogP contribution < -0.4 is 10.2 Å². The molecule has 0 aliphatic carbocycles. The maximum atomic E-state index is 13.4. The number of carbonyl (C=O) groups excluding carboxylic acids is 1. The fraction of sp³-hybridized carbons (Fsp3) is 0.278. The molecule has 43 heavy (non-hydrogen) atoms. The standard InChI is InChI=1S/C36H39FN4OS/c1-40(2)23-9-4-10-24-43-36-39-33-14-8-7-13-32(33)34(25-35(42)38-26-27-15-19-30(37)20-16-27)41(36)31-21-17-29(18-22-31)28-11-5-3-6-12-28/h3,5-8,11-22,34H,4,9-10,23-26H2,1-2H3,(H,38,42). The lowest BCUT2D eigenvalue weighted by molar-refractivity contribution is -0.121. The zero-order chi connectivity index (χ0) is 30.0. The molecule has 1 aliphatic rings. The molecule has 4 aromatic rings. The molecule has 0 saturated heterocycles. The molecule has 0 bridgehead atoms. The van der Waals surface area contributed by atoms with Gasteiger partial charge in [-0.1, -0.05) is 91.0 Å². The monoisotopic (exact) mass is 594 g/mol. The summed E-state index contributed by atoms with van der Waals surface area (Å²) >= 11 is 1.76. The summed E-state index contributed by atoms with van der Waals surface area (Å²) in [5, 5.41) is 3.96. The van der Waals surface area contributed by atoms with Crippen LogP contribution in [0.5, 0.6) is 0 Å². The average molecular weight is 595 g/mol.